The maximum atomic E-state index is 3.32. The van der Waals surface area contributed by atoms with Crippen LogP contribution in [0.15, 0.2) is 0 Å². The lowest BCUT2D eigenvalue weighted by Crippen LogP contribution is -2.23. The highest BCUT2D eigenvalue weighted by Crippen LogP contribution is 2.25. The predicted molar refractivity (Wildman–Crippen MR) is 65.6 cm³/mol. The minimum atomic E-state index is 0.679. The predicted octanol–water partition coefficient (Wildman–Crippen LogP) is 3.84. The van der Waals surface area contributed by atoms with Crippen LogP contribution in [0.1, 0.15) is 59.8 Å². The Kier molecular flexibility index (Phi) is 8.26. The summed E-state index contributed by atoms with van der Waals surface area (Å²) < 4.78 is 0. The average molecular weight is 199 g/mol. The minimum Gasteiger partial charge on any atom is -0.317 e. The third-order valence-electron chi connectivity index (χ3n) is 3.54. The van der Waals surface area contributed by atoms with Crippen LogP contribution >= 0.6 is 0 Å². The molecule has 0 aromatic rings. The van der Waals surface area contributed by atoms with Crippen LogP contribution in [0.2, 0.25) is 0 Å². The second-order valence-electron chi connectivity index (χ2n) is 4.70. The van der Waals surface area contributed by atoms with Gasteiger partial charge in [0.05, 0.1) is 0 Å². The van der Waals surface area contributed by atoms with Gasteiger partial charge in [-0.25, -0.2) is 0 Å². The van der Waals surface area contributed by atoms with Gasteiger partial charge in [-0.1, -0.05) is 40.0 Å². The Balaban J connectivity index is 3.77. The van der Waals surface area contributed by atoms with Crippen molar-refractivity contribution >= 4 is 0 Å². The standard InChI is InChI=1S/C13H29N/c1-6-8-11(3)13(7-2)10-9-12(4)14-5/h11-14H,6-10H2,1-5H3. The highest BCUT2D eigenvalue weighted by Gasteiger charge is 2.15. The molecule has 0 amide bonds. The van der Waals surface area contributed by atoms with Gasteiger partial charge in [-0.2, -0.15) is 0 Å². The molecule has 0 aromatic heterocycles. The summed E-state index contributed by atoms with van der Waals surface area (Å²) in [5.74, 6) is 1.85. The molecule has 0 aliphatic carbocycles. The quantitative estimate of drug-likeness (QED) is 0.626. The lowest BCUT2D eigenvalue weighted by Gasteiger charge is -2.23. The molecule has 0 spiro atoms. The van der Waals surface area contributed by atoms with E-state index in [1.165, 1.54) is 32.1 Å². The molecular weight excluding hydrogens is 170 g/mol. The number of hydrogen-bond acceptors (Lipinski definition) is 1. The Morgan fingerprint density at radius 2 is 1.64 bits per heavy atom. The second-order valence-corrected chi connectivity index (χ2v) is 4.70. The Hall–Kier alpha value is -0.0400. The highest BCUT2D eigenvalue weighted by molar-refractivity contribution is 4.68. The molecule has 1 heteroatoms. The van der Waals surface area contributed by atoms with Gasteiger partial charge in [-0.3, -0.25) is 0 Å². The van der Waals surface area contributed by atoms with Gasteiger partial charge in [-0.15, -0.1) is 0 Å². The lowest BCUT2D eigenvalue weighted by atomic mass is 9.84. The van der Waals surface area contributed by atoms with E-state index >= 15 is 0 Å². The Labute approximate surface area is 90.7 Å². The van der Waals surface area contributed by atoms with Crippen molar-refractivity contribution in [3.05, 3.63) is 0 Å². The van der Waals surface area contributed by atoms with Gasteiger partial charge in [0.25, 0.3) is 0 Å². The molecule has 0 heterocycles. The molecule has 0 aliphatic rings. The van der Waals surface area contributed by atoms with E-state index in [0.717, 1.165) is 11.8 Å². The fourth-order valence-corrected chi connectivity index (χ4v) is 2.19. The van der Waals surface area contributed by atoms with Gasteiger partial charge in [0.15, 0.2) is 0 Å². The zero-order valence-corrected chi connectivity index (χ0v) is 10.8. The Bertz CT molecular complexity index is 122. The molecule has 0 radical (unpaired) electrons. The molecule has 0 aliphatic heterocycles. The summed E-state index contributed by atoms with van der Waals surface area (Å²) >= 11 is 0. The lowest BCUT2D eigenvalue weighted by molar-refractivity contribution is 0.290. The number of hydrogen-bond donors (Lipinski definition) is 1. The van der Waals surface area contributed by atoms with Crippen LogP contribution in [0.3, 0.4) is 0 Å². The summed E-state index contributed by atoms with van der Waals surface area (Å²) in [6, 6.07) is 0.679. The van der Waals surface area contributed by atoms with Crippen LogP contribution in [-0.4, -0.2) is 13.1 Å². The largest absolute Gasteiger partial charge is 0.317 e. The first-order valence-electron chi connectivity index (χ1n) is 6.32. The Morgan fingerprint density at radius 3 is 2.07 bits per heavy atom. The third-order valence-corrected chi connectivity index (χ3v) is 3.54. The molecule has 1 nitrogen and oxygen atoms in total. The van der Waals surface area contributed by atoms with Gasteiger partial charge in [0.2, 0.25) is 0 Å². The summed E-state index contributed by atoms with van der Waals surface area (Å²) in [5, 5.41) is 3.32. The van der Waals surface area contributed by atoms with Gasteiger partial charge in [-0.05, 0) is 38.6 Å². The van der Waals surface area contributed by atoms with E-state index in [4.69, 9.17) is 0 Å². The smallest absolute Gasteiger partial charge is 0.00358 e. The topological polar surface area (TPSA) is 12.0 Å². The summed E-state index contributed by atoms with van der Waals surface area (Å²) in [6.45, 7) is 9.32. The van der Waals surface area contributed by atoms with Crippen molar-refractivity contribution in [2.24, 2.45) is 11.8 Å². The summed E-state index contributed by atoms with van der Waals surface area (Å²) in [7, 11) is 2.06. The monoisotopic (exact) mass is 199 g/mol. The molecule has 1 N–H and O–H groups in total. The van der Waals surface area contributed by atoms with Crippen molar-refractivity contribution < 1.29 is 0 Å². The van der Waals surface area contributed by atoms with E-state index < -0.39 is 0 Å². The molecule has 3 atom stereocenters. The first-order chi connectivity index (χ1) is 6.65. The highest BCUT2D eigenvalue weighted by atomic mass is 14.8. The maximum absolute atomic E-state index is 3.32. The van der Waals surface area contributed by atoms with Crippen molar-refractivity contribution in [2.45, 2.75) is 65.8 Å². The first kappa shape index (κ1) is 14.0. The first-order valence-corrected chi connectivity index (χ1v) is 6.32. The van der Waals surface area contributed by atoms with E-state index in [-0.39, 0.29) is 0 Å². The van der Waals surface area contributed by atoms with Gasteiger partial charge < -0.3 is 5.32 Å². The van der Waals surface area contributed by atoms with E-state index in [1.54, 1.807) is 0 Å². The zero-order chi connectivity index (χ0) is 11.0. The third kappa shape index (κ3) is 5.64. The fourth-order valence-electron chi connectivity index (χ4n) is 2.19. The molecule has 0 bridgehead atoms. The summed E-state index contributed by atoms with van der Waals surface area (Å²) in [6.07, 6.45) is 6.78. The number of rotatable bonds is 8. The molecule has 0 rings (SSSR count). The van der Waals surface area contributed by atoms with Gasteiger partial charge in [0, 0.05) is 6.04 Å². The zero-order valence-electron chi connectivity index (χ0n) is 10.8. The van der Waals surface area contributed by atoms with Gasteiger partial charge in [0.1, 0.15) is 0 Å². The normalized spacial score (nSPS) is 17.8. The SMILES string of the molecule is CCCC(C)C(CC)CCC(C)NC. The minimum absolute atomic E-state index is 0.679. The van der Waals surface area contributed by atoms with E-state index in [0.29, 0.717) is 6.04 Å². The maximum Gasteiger partial charge on any atom is 0.00358 e. The molecule has 14 heavy (non-hydrogen) atoms. The van der Waals surface area contributed by atoms with Crippen molar-refractivity contribution in [2.75, 3.05) is 7.05 Å². The average Bonchev–Trinajstić information content (AvgIpc) is 2.18. The van der Waals surface area contributed by atoms with Crippen LogP contribution in [0.25, 0.3) is 0 Å². The van der Waals surface area contributed by atoms with Crippen LogP contribution in [0.5, 0.6) is 0 Å². The van der Waals surface area contributed by atoms with E-state index in [1.807, 2.05) is 0 Å². The second kappa shape index (κ2) is 8.28. The molecular formula is C13H29N. The molecule has 0 saturated heterocycles. The van der Waals surface area contributed by atoms with Crippen molar-refractivity contribution in [3.63, 3.8) is 0 Å². The number of nitrogens with one attached hydrogen (secondary N) is 1. The molecule has 0 saturated carbocycles. The molecule has 0 fully saturated rings. The summed E-state index contributed by atoms with van der Waals surface area (Å²) in [5.41, 5.74) is 0. The van der Waals surface area contributed by atoms with Crippen molar-refractivity contribution in [1.82, 2.24) is 5.32 Å². The van der Waals surface area contributed by atoms with Crippen LogP contribution in [-0.2, 0) is 0 Å². The van der Waals surface area contributed by atoms with Crippen LogP contribution in [0.4, 0.5) is 0 Å². The van der Waals surface area contributed by atoms with Crippen molar-refractivity contribution in [1.29, 1.82) is 0 Å². The molecule has 3 unspecified atom stereocenters. The van der Waals surface area contributed by atoms with Crippen LogP contribution in [0, 0.1) is 11.8 Å². The molecule has 86 valence electrons. The Morgan fingerprint density at radius 1 is 1.00 bits per heavy atom. The van der Waals surface area contributed by atoms with Crippen LogP contribution < -0.4 is 5.32 Å². The van der Waals surface area contributed by atoms with E-state index in [9.17, 15) is 0 Å². The summed E-state index contributed by atoms with van der Waals surface area (Å²) in [4.78, 5) is 0. The van der Waals surface area contributed by atoms with Gasteiger partial charge >= 0.3 is 0 Å². The van der Waals surface area contributed by atoms with Crippen molar-refractivity contribution in [3.8, 4) is 0 Å². The molecule has 0 aromatic carbocycles. The fraction of sp³-hybridized carbons (Fsp3) is 1.00. The van der Waals surface area contributed by atoms with E-state index in [2.05, 4.69) is 40.1 Å².